The molecule has 0 bridgehead atoms. The van der Waals surface area contributed by atoms with E-state index in [1.54, 1.807) is 25.5 Å². The number of amides is 1. The zero-order valence-corrected chi connectivity index (χ0v) is 17.3. The van der Waals surface area contributed by atoms with E-state index < -0.39 is 5.91 Å². The molecular weight excluding hydrogens is 402 g/mol. The number of hydrazone groups is 1. The minimum atomic E-state index is -0.409. The smallest absolute Gasteiger partial charge is 0.316 e. The average molecular weight is 421 g/mol. The van der Waals surface area contributed by atoms with Crippen molar-refractivity contribution in [1.82, 2.24) is 4.98 Å². The molecule has 7 nitrogen and oxygen atoms in total. The second-order valence-electron chi connectivity index (χ2n) is 6.17. The number of nitrogens with zero attached hydrogens (tertiary/aromatic N) is 3. The van der Waals surface area contributed by atoms with Crippen LogP contribution >= 0.6 is 11.3 Å². The maximum Gasteiger partial charge on any atom is 0.316 e. The normalized spacial score (nSPS) is 11.1. The summed E-state index contributed by atoms with van der Waals surface area (Å²) in [5.41, 5.74) is 1.57. The average Bonchev–Trinajstić information content (AvgIpc) is 3.44. The van der Waals surface area contributed by atoms with Gasteiger partial charge in [0.15, 0.2) is 5.76 Å². The van der Waals surface area contributed by atoms with E-state index in [4.69, 9.17) is 13.9 Å². The van der Waals surface area contributed by atoms with E-state index in [2.05, 4.69) is 10.1 Å². The van der Waals surface area contributed by atoms with Crippen LogP contribution in [0.3, 0.4) is 0 Å². The van der Waals surface area contributed by atoms with Crippen LogP contribution in [0.15, 0.2) is 70.4 Å². The Balaban J connectivity index is 1.68. The Morgan fingerprint density at radius 1 is 1.20 bits per heavy atom. The van der Waals surface area contributed by atoms with E-state index in [9.17, 15) is 4.79 Å². The highest BCUT2D eigenvalue weighted by Crippen LogP contribution is 2.32. The maximum atomic E-state index is 13.0. The highest BCUT2D eigenvalue weighted by Gasteiger charge is 2.23. The molecule has 0 N–H and O–H groups in total. The van der Waals surface area contributed by atoms with E-state index in [1.165, 1.54) is 22.6 Å². The molecule has 4 rings (SSSR count). The number of carbonyl (C=O) groups excluding carboxylic acids is 1. The molecule has 4 aromatic rings. The Bertz CT molecular complexity index is 1170. The molecule has 0 aliphatic heterocycles. The molecule has 2 aromatic carbocycles. The van der Waals surface area contributed by atoms with Gasteiger partial charge in [-0.25, -0.2) is 4.98 Å². The quantitative estimate of drug-likeness (QED) is 0.311. The largest absolute Gasteiger partial charge is 0.497 e. The summed E-state index contributed by atoms with van der Waals surface area (Å²) in [5, 5.41) is 6.08. The van der Waals surface area contributed by atoms with Gasteiger partial charge in [0.2, 0.25) is 5.13 Å². The third-order valence-corrected chi connectivity index (χ3v) is 5.20. The molecule has 0 fully saturated rings. The standard InChI is InChI=1S/C22H19N3O4S/c1-3-28-16-8-6-15(7-9-16)14-23-25(21(26)19-5-4-12-29-19)22-24-18-11-10-17(27-2)13-20(18)30-22/h4-14H,3H2,1-2H3/b23-14+. The van der Waals surface area contributed by atoms with Gasteiger partial charge in [0, 0.05) is 0 Å². The van der Waals surface area contributed by atoms with Gasteiger partial charge in [-0.05, 0) is 67.1 Å². The monoisotopic (exact) mass is 421 g/mol. The maximum absolute atomic E-state index is 13.0. The molecule has 0 saturated carbocycles. The SMILES string of the molecule is CCOc1ccc(/C=N/N(C(=O)c2ccco2)c2nc3ccc(OC)cc3s2)cc1. The van der Waals surface area contributed by atoms with Gasteiger partial charge in [-0.1, -0.05) is 11.3 Å². The van der Waals surface area contributed by atoms with Crippen molar-refractivity contribution in [1.29, 1.82) is 0 Å². The van der Waals surface area contributed by atoms with Crippen molar-refractivity contribution < 1.29 is 18.7 Å². The Morgan fingerprint density at radius 2 is 2.00 bits per heavy atom. The molecule has 0 spiro atoms. The Labute approximate surface area is 177 Å². The molecule has 0 unspecified atom stereocenters. The fraction of sp³-hybridized carbons (Fsp3) is 0.136. The predicted molar refractivity (Wildman–Crippen MR) is 117 cm³/mol. The second-order valence-corrected chi connectivity index (χ2v) is 7.18. The molecule has 2 heterocycles. The minimum Gasteiger partial charge on any atom is -0.497 e. The van der Waals surface area contributed by atoms with Gasteiger partial charge >= 0.3 is 5.91 Å². The van der Waals surface area contributed by atoms with Crippen LogP contribution in [-0.2, 0) is 0 Å². The van der Waals surface area contributed by atoms with Crippen molar-refractivity contribution in [2.75, 3.05) is 18.7 Å². The Morgan fingerprint density at radius 3 is 2.70 bits per heavy atom. The second kappa shape index (κ2) is 8.79. The van der Waals surface area contributed by atoms with Crippen molar-refractivity contribution in [3.8, 4) is 11.5 Å². The molecule has 152 valence electrons. The topological polar surface area (TPSA) is 77.2 Å². The number of hydrogen-bond acceptors (Lipinski definition) is 7. The summed E-state index contributed by atoms with van der Waals surface area (Å²) in [6.45, 7) is 2.53. The summed E-state index contributed by atoms with van der Waals surface area (Å²) in [5.74, 6) is 1.27. The van der Waals surface area contributed by atoms with Crippen LogP contribution in [0.1, 0.15) is 23.0 Å². The van der Waals surface area contributed by atoms with Crippen molar-refractivity contribution in [3.63, 3.8) is 0 Å². The van der Waals surface area contributed by atoms with Crippen LogP contribution in [0.4, 0.5) is 5.13 Å². The summed E-state index contributed by atoms with van der Waals surface area (Å²) in [4.78, 5) is 17.6. The number of aromatic nitrogens is 1. The van der Waals surface area contributed by atoms with Gasteiger partial charge in [0.05, 0.1) is 36.4 Å². The van der Waals surface area contributed by atoms with Crippen molar-refractivity contribution in [2.24, 2.45) is 5.10 Å². The van der Waals surface area contributed by atoms with Gasteiger partial charge in [-0.15, -0.1) is 0 Å². The third-order valence-electron chi connectivity index (χ3n) is 4.20. The van der Waals surface area contributed by atoms with Crippen molar-refractivity contribution in [2.45, 2.75) is 6.92 Å². The van der Waals surface area contributed by atoms with Crippen LogP contribution in [0, 0.1) is 0 Å². The molecule has 0 radical (unpaired) electrons. The van der Waals surface area contributed by atoms with E-state index >= 15 is 0 Å². The Hall–Kier alpha value is -3.65. The Kier molecular flexibility index (Phi) is 5.76. The lowest BCUT2D eigenvalue weighted by molar-refractivity contribution is 0.0961. The highest BCUT2D eigenvalue weighted by atomic mass is 32.1. The third kappa shape index (κ3) is 4.18. The number of thiazole rings is 1. The lowest BCUT2D eigenvalue weighted by atomic mass is 10.2. The molecule has 30 heavy (non-hydrogen) atoms. The first kappa shape index (κ1) is 19.7. The van der Waals surface area contributed by atoms with Gasteiger partial charge in [0.25, 0.3) is 0 Å². The van der Waals surface area contributed by atoms with Crippen molar-refractivity contribution >= 4 is 38.8 Å². The number of carbonyl (C=O) groups is 1. The summed E-state index contributed by atoms with van der Waals surface area (Å²) >= 11 is 1.34. The molecule has 8 heteroatoms. The minimum absolute atomic E-state index is 0.177. The van der Waals surface area contributed by atoms with Crippen LogP contribution in [-0.4, -0.2) is 30.8 Å². The molecule has 0 atom stereocenters. The highest BCUT2D eigenvalue weighted by molar-refractivity contribution is 7.22. The number of hydrogen-bond donors (Lipinski definition) is 0. The molecule has 0 aliphatic carbocycles. The van der Waals surface area contributed by atoms with E-state index in [-0.39, 0.29) is 5.76 Å². The fourth-order valence-electron chi connectivity index (χ4n) is 2.74. The summed E-state index contributed by atoms with van der Waals surface area (Å²) in [6, 6.07) is 16.3. The molecular formula is C22H19N3O4S. The predicted octanol–water partition coefficient (Wildman–Crippen LogP) is 4.98. The van der Waals surface area contributed by atoms with Crippen LogP contribution in [0.25, 0.3) is 10.2 Å². The van der Waals surface area contributed by atoms with Crippen molar-refractivity contribution in [3.05, 3.63) is 72.2 Å². The number of benzene rings is 2. The first-order valence-corrected chi connectivity index (χ1v) is 10.1. The van der Waals surface area contributed by atoms with E-state index in [0.29, 0.717) is 11.7 Å². The van der Waals surface area contributed by atoms with Gasteiger partial charge in [-0.3, -0.25) is 4.79 Å². The van der Waals surface area contributed by atoms with Gasteiger partial charge in [0.1, 0.15) is 11.5 Å². The van der Waals surface area contributed by atoms with Gasteiger partial charge in [-0.2, -0.15) is 10.1 Å². The molecule has 0 aliphatic rings. The molecule has 1 amide bonds. The lowest BCUT2D eigenvalue weighted by Crippen LogP contribution is -2.25. The van der Waals surface area contributed by atoms with E-state index in [1.807, 2.05) is 49.4 Å². The molecule has 0 saturated heterocycles. The zero-order valence-electron chi connectivity index (χ0n) is 16.4. The van der Waals surface area contributed by atoms with Crippen LogP contribution < -0.4 is 14.5 Å². The number of ether oxygens (including phenoxy) is 2. The van der Waals surface area contributed by atoms with Crippen LogP contribution in [0.5, 0.6) is 11.5 Å². The first-order valence-electron chi connectivity index (χ1n) is 9.27. The summed E-state index contributed by atoms with van der Waals surface area (Å²) < 4.78 is 16.9. The first-order chi connectivity index (χ1) is 14.7. The molecule has 2 aromatic heterocycles. The summed E-state index contributed by atoms with van der Waals surface area (Å²) in [6.07, 6.45) is 3.05. The zero-order chi connectivity index (χ0) is 20.9. The number of methoxy groups -OCH3 is 1. The number of anilines is 1. The lowest BCUT2D eigenvalue weighted by Gasteiger charge is -2.12. The number of rotatable bonds is 7. The fourth-order valence-corrected chi connectivity index (χ4v) is 3.70. The van der Waals surface area contributed by atoms with E-state index in [0.717, 1.165) is 27.3 Å². The van der Waals surface area contributed by atoms with Gasteiger partial charge < -0.3 is 13.9 Å². The van der Waals surface area contributed by atoms with Crippen LogP contribution in [0.2, 0.25) is 0 Å². The number of furan rings is 1. The number of fused-ring (bicyclic) bond motifs is 1. The summed E-state index contributed by atoms with van der Waals surface area (Å²) in [7, 11) is 1.61.